The quantitative estimate of drug-likeness (QED) is 0.523. The van der Waals surface area contributed by atoms with Crippen LogP contribution in [0.4, 0.5) is 11.6 Å². The predicted octanol–water partition coefficient (Wildman–Crippen LogP) is 1.77. The number of aryl methyl sites for hydroxylation is 1. The molecule has 0 aliphatic rings. The van der Waals surface area contributed by atoms with Crippen LogP contribution in [0.5, 0.6) is 0 Å². The summed E-state index contributed by atoms with van der Waals surface area (Å²) in [5, 5.41) is 3.20. The number of hydrogen-bond acceptors (Lipinski definition) is 8. The molecule has 0 aliphatic carbocycles. The minimum Gasteiger partial charge on any atom is -0.444 e. The number of rotatable bonds is 7. The molecule has 4 N–H and O–H groups in total. The van der Waals surface area contributed by atoms with Gasteiger partial charge in [0.15, 0.2) is 5.82 Å². The first-order chi connectivity index (χ1) is 10.1. The van der Waals surface area contributed by atoms with Crippen LogP contribution in [-0.4, -0.2) is 21.6 Å². The summed E-state index contributed by atoms with van der Waals surface area (Å²) in [4.78, 5) is 12.8. The van der Waals surface area contributed by atoms with Gasteiger partial charge in [-0.3, -0.25) is 0 Å². The molecule has 21 heavy (non-hydrogen) atoms. The lowest BCUT2D eigenvalue weighted by molar-refractivity contribution is 0.128. The molecule has 0 aromatic carbocycles. The molecule has 0 amide bonds. The van der Waals surface area contributed by atoms with Crippen LogP contribution in [0.1, 0.15) is 37.4 Å². The molecule has 1 unspecified atom stereocenters. The molecule has 8 nitrogen and oxygen atoms in total. The Kier molecular flexibility index (Phi) is 5.07. The van der Waals surface area contributed by atoms with E-state index in [0.29, 0.717) is 36.6 Å². The maximum atomic E-state index is 5.49. The van der Waals surface area contributed by atoms with Crippen LogP contribution in [0.2, 0.25) is 0 Å². The largest absolute Gasteiger partial charge is 0.444 e. The van der Waals surface area contributed by atoms with Crippen molar-refractivity contribution in [2.24, 2.45) is 5.84 Å². The summed E-state index contributed by atoms with van der Waals surface area (Å²) < 4.78 is 10.8. The number of nitrogens with one attached hydrogen (secondary N) is 2. The van der Waals surface area contributed by atoms with Gasteiger partial charge >= 0.3 is 0 Å². The lowest BCUT2D eigenvalue weighted by Gasteiger charge is -2.13. The highest BCUT2D eigenvalue weighted by Gasteiger charge is 2.13. The van der Waals surface area contributed by atoms with Gasteiger partial charge in [0.05, 0.1) is 6.20 Å². The topological polar surface area (TPSA) is 111 Å². The highest BCUT2D eigenvalue weighted by molar-refractivity contribution is 5.47. The molecular weight excluding hydrogens is 272 g/mol. The number of oxazole rings is 1. The Hall–Kier alpha value is -2.19. The van der Waals surface area contributed by atoms with Gasteiger partial charge < -0.3 is 19.9 Å². The minimum absolute atomic E-state index is 0.126. The van der Waals surface area contributed by atoms with Crippen molar-refractivity contribution in [3.8, 4) is 0 Å². The number of nitrogens with two attached hydrogens (primary N) is 1. The predicted molar refractivity (Wildman–Crippen MR) is 78.4 cm³/mol. The normalized spacial score (nSPS) is 12.2. The van der Waals surface area contributed by atoms with Crippen LogP contribution in [0.15, 0.2) is 16.7 Å². The molecule has 2 rings (SSSR count). The van der Waals surface area contributed by atoms with Gasteiger partial charge in [-0.2, -0.15) is 0 Å². The van der Waals surface area contributed by atoms with E-state index in [4.69, 9.17) is 15.0 Å². The average molecular weight is 292 g/mol. The fourth-order valence-corrected chi connectivity index (χ4v) is 1.76. The standard InChI is InChI=1S/C13H20N6O2/c1-4-20-7-12-17-10(5-11(18-12)19-14)16-9(3)13-15-6-8(2)21-13/h5-6,9H,4,7,14H2,1-3H3,(H2,16,17,18,19). The molecule has 0 aliphatic heterocycles. The highest BCUT2D eigenvalue weighted by Crippen LogP contribution is 2.19. The molecule has 8 heteroatoms. The van der Waals surface area contributed by atoms with E-state index in [0.717, 1.165) is 5.76 Å². The Morgan fingerprint density at radius 3 is 2.76 bits per heavy atom. The van der Waals surface area contributed by atoms with E-state index in [-0.39, 0.29) is 6.04 Å². The van der Waals surface area contributed by atoms with Crippen molar-refractivity contribution in [3.05, 3.63) is 29.7 Å². The van der Waals surface area contributed by atoms with Gasteiger partial charge in [-0.15, -0.1) is 0 Å². The fraction of sp³-hybridized carbons (Fsp3) is 0.462. The Morgan fingerprint density at radius 2 is 2.14 bits per heavy atom. The third-order valence-corrected chi connectivity index (χ3v) is 2.73. The zero-order valence-corrected chi connectivity index (χ0v) is 12.4. The zero-order valence-electron chi connectivity index (χ0n) is 12.4. The number of anilines is 2. The summed E-state index contributed by atoms with van der Waals surface area (Å²) in [6.45, 7) is 6.62. The third kappa shape index (κ3) is 4.14. The van der Waals surface area contributed by atoms with Crippen molar-refractivity contribution < 1.29 is 9.15 Å². The number of hydrogen-bond donors (Lipinski definition) is 3. The van der Waals surface area contributed by atoms with Crippen LogP contribution in [0.25, 0.3) is 0 Å². The van der Waals surface area contributed by atoms with Crippen LogP contribution >= 0.6 is 0 Å². The third-order valence-electron chi connectivity index (χ3n) is 2.73. The van der Waals surface area contributed by atoms with E-state index in [1.807, 2.05) is 20.8 Å². The van der Waals surface area contributed by atoms with Crippen molar-refractivity contribution in [2.75, 3.05) is 17.3 Å². The Bertz CT molecular complexity index is 586. The average Bonchev–Trinajstić information content (AvgIpc) is 2.91. The molecule has 2 aromatic heterocycles. The highest BCUT2D eigenvalue weighted by atomic mass is 16.5. The monoisotopic (exact) mass is 292 g/mol. The first kappa shape index (κ1) is 15.2. The Morgan fingerprint density at radius 1 is 1.38 bits per heavy atom. The minimum atomic E-state index is -0.126. The SMILES string of the molecule is CCOCc1nc(NN)cc(NC(C)c2ncc(C)o2)n1. The number of aromatic nitrogens is 3. The summed E-state index contributed by atoms with van der Waals surface area (Å²) in [7, 11) is 0. The van der Waals surface area contributed by atoms with E-state index in [9.17, 15) is 0 Å². The number of nitrogens with zero attached hydrogens (tertiary/aromatic N) is 3. The summed E-state index contributed by atoms with van der Waals surface area (Å²) in [5.41, 5.74) is 2.52. The summed E-state index contributed by atoms with van der Waals surface area (Å²) in [6, 6.07) is 1.58. The second-order valence-electron chi connectivity index (χ2n) is 4.51. The van der Waals surface area contributed by atoms with Gasteiger partial charge in [0.25, 0.3) is 0 Å². The first-order valence-corrected chi connectivity index (χ1v) is 6.73. The molecule has 0 spiro atoms. The molecular formula is C13H20N6O2. The van der Waals surface area contributed by atoms with Crippen molar-refractivity contribution >= 4 is 11.6 Å². The van der Waals surface area contributed by atoms with Crippen LogP contribution < -0.4 is 16.6 Å². The summed E-state index contributed by atoms with van der Waals surface area (Å²) in [5.74, 6) is 8.47. The van der Waals surface area contributed by atoms with Gasteiger partial charge in [0, 0.05) is 12.7 Å². The van der Waals surface area contributed by atoms with E-state index in [2.05, 4.69) is 25.7 Å². The van der Waals surface area contributed by atoms with Gasteiger partial charge in [-0.1, -0.05) is 0 Å². The molecule has 114 valence electrons. The number of nitrogen functional groups attached to an aromatic ring is 1. The lowest BCUT2D eigenvalue weighted by atomic mass is 10.3. The molecule has 1 atom stereocenters. The van der Waals surface area contributed by atoms with Crippen molar-refractivity contribution in [1.82, 2.24) is 15.0 Å². The van der Waals surface area contributed by atoms with Crippen molar-refractivity contribution in [2.45, 2.75) is 33.4 Å². The van der Waals surface area contributed by atoms with Crippen molar-refractivity contribution in [1.29, 1.82) is 0 Å². The molecule has 2 aromatic rings. The van der Waals surface area contributed by atoms with Crippen LogP contribution in [-0.2, 0) is 11.3 Å². The fourth-order valence-electron chi connectivity index (χ4n) is 1.76. The summed E-state index contributed by atoms with van der Waals surface area (Å²) in [6.07, 6.45) is 1.68. The molecule has 0 saturated heterocycles. The van der Waals surface area contributed by atoms with Gasteiger partial charge in [-0.05, 0) is 20.8 Å². The molecule has 0 saturated carbocycles. The lowest BCUT2D eigenvalue weighted by Crippen LogP contribution is -2.14. The van der Waals surface area contributed by atoms with Gasteiger partial charge in [0.1, 0.15) is 30.0 Å². The van der Waals surface area contributed by atoms with E-state index in [1.165, 1.54) is 0 Å². The van der Waals surface area contributed by atoms with Crippen molar-refractivity contribution in [3.63, 3.8) is 0 Å². The second-order valence-corrected chi connectivity index (χ2v) is 4.51. The number of hydrazine groups is 1. The molecule has 0 bridgehead atoms. The van der Waals surface area contributed by atoms with Gasteiger partial charge in [0.2, 0.25) is 5.89 Å². The van der Waals surface area contributed by atoms with E-state index in [1.54, 1.807) is 12.3 Å². The Balaban J connectivity index is 2.14. The zero-order chi connectivity index (χ0) is 15.2. The van der Waals surface area contributed by atoms with Gasteiger partial charge in [-0.25, -0.2) is 20.8 Å². The smallest absolute Gasteiger partial charge is 0.216 e. The van der Waals surface area contributed by atoms with Crippen LogP contribution in [0, 0.1) is 6.92 Å². The maximum Gasteiger partial charge on any atom is 0.216 e. The first-order valence-electron chi connectivity index (χ1n) is 6.73. The second kappa shape index (κ2) is 7.00. The maximum absolute atomic E-state index is 5.49. The molecule has 0 radical (unpaired) electrons. The van der Waals surface area contributed by atoms with E-state index < -0.39 is 0 Å². The van der Waals surface area contributed by atoms with Crippen LogP contribution in [0.3, 0.4) is 0 Å². The van der Waals surface area contributed by atoms with E-state index >= 15 is 0 Å². The Labute approximate surface area is 123 Å². The summed E-state index contributed by atoms with van der Waals surface area (Å²) >= 11 is 0. The molecule has 0 fully saturated rings. The molecule has 2 heterocycles. The number of ether oxygens (including phenoxy) is 1.